The van der Waals surface area contributed by atoms with Crippen LogP contribution >= 0.6 is 15.9 Å². The fourth-order valence-corrected chi connectivity index (χ4v) is 5.47. The average molecular weight is 463 g/mol. The van der Waals surface area contributed by atoms with E-state index >= 15 is 0 Å². The van der Waals surface area contributed by atoms with Crippen molar-refractivity contribution in [1.29, 1.82) is 0 Å². The van der Waals surface area contributed by atoms with E-state index in [-0.39, 0.29) is 24.6 Å². The number of nitrogens with one attached hydrogen (secondary N) is 1. The second kappa shape index (κ2) is 7.18. The van der Waals surface area contributed by atoms with E-state index in [4.69, 9.17) is 0 Å². The van der Waals surface area contributed by atoms with Crippen LogP contribution in [0.25, 0.3) is 10.8 Å². The van der Waals surface area contributed by atoms with Crippen molar-refractivity contribution in [3.8, 4) is 0 Å². The van der Waals surface area contributed by atoms with Crippen LogP contribution in [0.3, 0.4) is 0 Å². The second-order valence-electron chi connectivity index (χ2n) is 6.48. The topological polar surface area (TPSA) is 66.5 Å². The summed E-state index contributed by atoms with van der Waals surface area (Å²) in [6, 6.07) is 15.0. The van der Waals surface area contributed by atoms with Crippen molar-refractivity contribution in [1.82, 2.24) is 0 Å². The van der Waals surface area contributed by atoms with E-state index in [0.29, 0.717) is 26.9 Å². The van der Waals surface area contributed by atoms with Crippen LogP contribution in [0.15, 0.2) is 64.0 Å². The Labute approximate surface area is 170 Å². The zero-order valence-electron chi connectivity index (χ0n) is 14.7. The highest BCUT2D eigenvalue weighted by Gasteiger charge is 2.35. The maximum absolute atomic E-state index is 13.8. The molecule has 0 bridgehead atoms. The van der Waals surface area contributed by atoms with Gasteiger partial charge in [0.2, 0.25) is 5.91 Å². The highest BCUT2D eigenvalue weighted by Crippen LogP contribution is 2.41. The molecular weight excluding hydrogens is 447 g/mol. The number of amides is 1. The van der Waals surface area contributed by atoms with Crippen molar-refractivity contribution in [2.24, 2.45) is 0 Å². The Balaban J connectivity index is 1.46. The van der Waals surface area contributed by atoms with Crippen molar-refractivity contribution in [2.75, 3.05) is 16.2 Å². The van der Waals surface area contributed by atoms with Gasteiger partial charge in [-0.05, 0) is 42.1 Å². The van der Waals surface area contributed by atoms with Crippen LogP contribution in [-0.4, -0.2) is 20.9 Å². The summed E-state index contributed by atoms with van der Waals surface area (Å²) in [6.45, 7) is 0.173. The standard InChI is InChI=1S/C20H16BrFN2O3S/c21-14-9-10-16(15(22)12-14)23-19(25)8-3-11-24-17-6-1-4-13-5-2-7-18(20(13)17)28(24,26)27/h1-2,4-7,9-10,12H,3,8,11H2,(H,23,25). The van der Waals surface area contributed by atoms with Crippen molar-refractivity contribution >= 4 is 54.0 Å². The van der Waals surface area contributed by atoms with Gasteiger partial charge in [0.15, 0.2) is 0 Å². The van der Waals surface area contributed by atoms with Gasteiger partial charge in [-0.1, -0.05) is 40.2 Å². The zero-order valence-corrected chi connectivity index (χ0v) is 17.1. The fraction of sp³-hybridized carbons (Fsp3) is 0.150. The molecule has 0 atom stereocenters. The average Bonchev–Trinajstić information content (AvgIpc) is 2.87. The van der Waals surface area contributed by atoms with E-state index in [1.54, 1.807) is 24.3 Å². The second-order valence-corrected chi connectivity index (χ2v) is 9.23. The summed E-state index contributed by atoms with van der Waals surface area (Å²) in [7, 11) is -3.63. The highest BCUT2D eigenvalue weighted by atomic mass is 79.9. The lowest BCUT2D eigenvalue weighted by atomic mass is 10.1. The van der Waals surface area contributed by atoms with Gasteiger partial charge in [-0.3, -0.25) is 9.10 Å². The molecule has 1 amide bonds. The van der Waals surface area contributed by atoms with Crippen LogP contribution in [0.5, 0.6) is 0 Å². The summed E-state index contributed by atoms with van der Waals surface area (Å²) in [6.07, 6.45) is 0.390. The Morgan fingerprint density at radius 3 is 2.61 bits per heavy atom. The molecule has 0 spiro atoms. The minimum absolute atomic E-state index is 0.0772. The van der Waals surface area contributed by atoms with Crippen LogP contribution in [0, 0.1) is 5.82 Å². The highest BCUT2D eigenvalue weighted by molar-refractivity contribution is 9.10. The number of hydrogen-bond donors (Lipinski definition) is 1. The van der Waals surface area contributed by atoms with Gasteiger partial charge in [0.05, 0.1) is 16.3 Å². The predicted molar refractivity (Wildman–Crippen MR) is 110 cm³/mol. The third-order valence-corrected chi connectivity index (χ3v) is 7.00. The van der Waals surface area contributed by atoms with Gasteiger partial charge in [0, 0.05) is 22.8 Å². The molecule has 1 aliphatic rings. The molecule has 0 saturated carbocycles. The minimum atomic E-state index is -3.63. The molecule has 0 fully saturated rings. The number of carbonyl (C=O) groups excluding carboxylic acids is 1. The lowest BCUT2D eigenvalue weighted by Crippen LogP contribution is -2.29. The molecule has 5 nitrogen and oxygen atoms in total. The van der Waals surface area contributed by atoms with E-state index in [0.717, 1.165) is 5.39 Å². The molecule has 0 unspecified atom stereocenters. The number of anilines is 2. The summed E-state index contributed by atoms with van der Waals surface area (Å²) in [4.78, 5) is 12.4. The first-order valence-electron chi connectivity index (χ1n) is 8.67. The first-order valence-corrected chi connectivity index (χ1v) is 10.9. The Bertz CT molecular complexity index is 1190. The van der Waals surface area contributed by atoms with E-state index in [2.05, 4.69) is 21.2 Å². The molecular formula is C20H16BrFN2O3S. The van der Waals surface area contributed by atoms with Crippen molar-refractivity contribution in [2.45, 2.75) is 17.7 Å². The number of benzene rings is 3. The van der Waals surface area contributed by atoms with E-state index in [1.807, 2.05) is 18.2 Å². The molecule has 1 heterocycles. The molecule has 28 heavy (non-hydrogen) atoms. The molecule has 3 aromatic carbocycles. The van der Waals surface area contributed by atoms with Gasteiger partial charge >= 0.3 is 0 Å². The molecule has 4 rings (SSSR count). The smallest absolute Gasteiger partial charge is 0.265 e. The first-order chi connectivity index (χ1) is 13.4. The van der Waals surface area contributed by atoms with Gasteiger partial charge in [0.25, 0.3) is 10.0 Å². The Hall–Kier alpha value is -2.45. The number of halogens is 2. The predicted octanol–water partition coefficient (Wildman–Crippen LogP) is 4.67. The monoisotopic (exact) mass is 462 g/mol. The van der Waals surface area contributed by atoms with Gasteiger partial charge in [-0.2, -0.15) is 0 Å². The van der Waals surface area contributed by atoms with E-state index < -0.39 is 15.8 Å². The molecule has 1 aliphatic heterocycles. The molecule has 1 N–H and O–H groups in total. The lowest BCUT2D eigenvalue weighted by molar-refractivity contribution is -0.116. The third kappa shape index (κ3) is 3.27. The molecule has 0 saturated heterocycles. The van der Waals surface area contributed by atoms with Crippen LogP contribution in [-0.2, 0) is 14.8 Å². The maximum Gasteiger partial charge on any atom is 0.265 e. The van der Waals surface area contributed by atoms with Crippen molar-refractivity contribution < 1.29 is 17.6 Å². The third-order valence-electron chi connectivity index (χ3n) is 4.65. The lowest BCUT2D eigenvalue weighted by Gasteiger charge is -2.18. The molecule has 8 heteroatoms. The van der Waals surface area contributed by atoms with Crippen LogP contribution in [0.4, 0.5) is 15.8 Å². The van der Waals surface area contributed by atoms with Gasteiger partial charge in [0.1, 0.15) is 5.82 Å². The molecule has 0 aliphatic carbocycles. The van der Waals surface area contributed by atoms with Crippen LogP contribution < -0.4 is 9.62 Å². The summed E-state index contributed by atoms with van der Waals surface area (Å²) < 4.78 is 41.5. The summed E-state index contributed by atoms with van der Waals surface area (Å²) >= 11 is 3.16. The SMILES string of the molecule is O=C(CCCN1c2cccc3cccc(c23)S1(=O)=O)Nc1ccc(Br)cc1F. The van der Waals surface area contributed by atoms with Crippen LogP contribution in [0.2, 0.25) is 0 Å². The minimum Gasteiger partial charge on any atom is -0.324 e. The van der Waals surface area contributed by atoms with Crippen LogP contribution in [0.1, 0.15) is 12.8 Å². The molecule has 144 valence electrons. The Kier molecular flexibility index (Phi) is 4.84. The zero-order chi connectivity index (χ0) is 19.9. The van der Waals surface area contributed by atoms with Crippen molar-refractivity contribution in [3.63, 3.8) is 0 Å². The molecule has 0 radical (unpaired) electrons. The normalized spacial score (nSPS) is 14.4. The summed E-state index contributed by atoms with van der Waals surface area (Å²) in [5.41, 5.74) is 0.728. The first kappa shape index (κ1) is 18.9. The number of nitrogens with zero attached hydrogens (tertiary/aromatic N) is 1. The quantitative estimate of drug-likeness (QED) is 0.598. The Morgan fingerprint density at radius 2 is 1.86 bits per heavy atom. The maximum atomic E-state index is 13.8. The van der Waals surface area contributed by atoms with E-state index in [9.17, 15) is 17.6 Å². The number of rotatable bonds is 5. The summed E-state index contributed by atoms with van der Waals surface area (Å²) in [5.74, 6) is -0.902. The Morgan fingerprint density at radius 1 is 1.11 bits per heavy atom. The molecule has 3 aromatic rings. The van der Waals surface area contributed by atoms with Gasteiger partial charge in [-0.15, -0.1) is 0 Å². The molecule has 0 aromatic heterocycles. The number of hydrogen-bond acceptors (Lipinski definition) is 3. The number of carbonyl (C=O) groups is 1. The summed E-state index contributed by atoms with van der Waals surface area (Å²) in [5, 5.41) is 4.10. The number of sulfonamides is 1. The van der Waals surface area contributed by atoms with Gasteiger partial charge < -0.3 is 5.32 Å². The van der Waals surface area contributed by atoms with E-state index in [1.165, 1.54) is 16.4 Å². The largest absolute Gasteiger partial charge is 0.324 e. The van der Waals surface area contributed by atoms with Gasteiger partial charge in [-0.25, -0.2) is 12.8 Å². The van der Waals surface area contributed by atoms with Crippen molar-refractivity contribution in [3.05, 3.63) is 64.9 Å². The fourth-order valence-electron chi connectivity index (χ4n) is 3.39.